The van der Waals surface area contributed by atoms with Crippen LogP contribution in [0.25, 0.3) is 0 Å². The van der Waals surface area contributed by atoms with Crippen LogP contribution in [0.4, 0.5) is 0 Å². The van der Waals surface area contributed by atoms with Gasteiger partial charge in [0.15, 0.2) is 0 Å². The average molecular weight is 212 g/mol. The fourth-order valence-corrected chi connectivity index (χ4v) is 2.45. The zero-order chi connectivity index (χ0) is 11.1. The Morgan fingerprint density at radius 2 is 1.67 bits per heavy atom. The standard InChI is InChI=1S/C13H28N2/c1-4-6-8-15(9-7-5-2)13-11-14-10-12(13)3/h12-14H,4-11H2,1-3H3. The van der Waals surface area contributed by atoms with E-state index in [0.29, 0.717) is 0 Å². The van der Waals surface area contributed by atoms with Crippen molar-refractivity contribution in [2.24, 2.45) is 5.92 Å². The summed E-state index contributed by atoms with van der Waals surface area (Å²) in [5.41, 5.74) is 0. The summed E-state index contributed by atoms with van der Waals surface area (Å²) in [5, 5.41) is 3.51. The molecule has 2 atom stereocenters. The lowest BCUT2D eigenvalue weighted by atomic mass is 10.0. The fourth-order valence-electron chi connectivity index (χ4n) is 2.45. The predicted molar refractivity (Wildman–Crippen MR) is 67.2 cm³/mol. The van der Waals surface area contributed by atoms with Gasteiger partial charge in [-0.25, -0.2) is 0 Å². The molecule has 1 heterocycles. The molecular weight excluding hydrogens is 184 g/mol. The van der Waals surface area contributed by atoms with Gasteiger partial charge < -0.3 is 5.32 Å². The summed E-state index contributed by atoms with van der Waals surface area (Å²) in [4.78, 5) is 2.72. The quantitative estimate of drug-likeness (QED) is 0.697. The summed E-state index contributed by atoms with van der Waals surface area (Å²) >= 11 is 0. The second-order valence-electron chi connectivity index (χ2n) is 4.95. The van der Waals surface area contributed by atoms with Gasteiger partial charge in [0, 0.05) is 12.6 Å². The molecule has 0 bridgehead atoms. The van der Waals surface area contributed by atoms with Gasteiger partial charge in [0.25, 0.3) is 0 Å². The van der Waals surface area contributed by atoms with Crippen molar-refractivity contribution in [3.63, 3.8) is 0 Å². The predicted octanol–water partition coefficient (Wildman–Crippen LogP) is 2.50. The minimum atomic E-state index is 0.795. The van der Waals surface area contributed by atoms with E-state index in [1.165, 1.54) is 51.9 Å². The van der Waals surface area contributed by atoms with Crippen molar-refractivity contribution < 1.29 is 0 Å². The Morgan fingerprint density at radius 3 is 2.07 bits per heavy atom. The van der Waals surface area contributed by atoms with Gasteiger partial charge in [0.05, 0.1) is 0 Å². The van der Waals surface area contributed by atoms with Gasteiger partial charge in [-0.2, -0.15) is 0 Å². The number of rotatable bonds is 7. The maximum atomic E-state index is 3.51. The number of unbranched alkanes of at least 4 members (excludes halogenated alkanes) is 2. The molecule has 0 aliphatic carbocycles. The van der Waals surface area contributed by atoms with E-state index >= 15 is 0 Å². The van der Waals surface area contributed by atoms with Gasteiger partial charge in [-0.15, -0.1) is 0 Å². The molecule has 90 valence electrons. The molecule has 1 aliphatic heterocycles. The van der Waals surface area contributed by atoms with Crippen LogP contribution in [0.3, 0.4) is 0 Å². The van der Waals surface area contributed by atoms with Gasteiger partial charge >= 0.3 is 0 Å². The Bertz CT molecular complexity index is 151. The third-order valence-corrected chi connectivity index (χ3v) is 3.54. The highest BCUT2D eigenvalue weighted by molar-refractivity contribution is 4.86. The van der Waals surface area contributed by atoms with E-state index in [1.807, 2.05) is 0 Å². The van der Waals surface area contributed by atoms with E-state index in [-0.39, 0.29) is 0 Å². The van der Waals surface area contributed by atoms with Gasteiger partial charge in [-0.05, 0) is 38.4 Å². The number of hydrogen-bond acceptors (Lipinski definition) is 2. The lowest BCUT2D eigenvalue weighted by molar-refractivity contribution is 0.173. The third kappa shape index (κ3) is 4.12. The molecule has 1 saturated heterocycles. The highest BCUT2D eigenvalue weighted by Crippen LogP contribution is 2.16. The molecule has 2 heteroatoms. The summed E-state index contributed by atoms with van der Waals surface area (Å²) in [5.74, 6) is 0.832. The molecule has 15 heavy (non-hydrogen) atoms. The van der Waals surface area contributed by atoms with E-state index < -0.39 is 0 Å². The van der Waals surface area contributed by atoms with Crippen molar-refractivity contribution in [2.75, 3.05) is 26.2 Å². The molecule has 1 N–H and O–H groups in total. The van der Waals surface area contributed by atoms with E-state index in [4.69, 9.17) is 0 Å². The van der Waals surface area contributed by atoms with Crippen LogP contribution < -0.4 is 5.32 Å². The van der Waals surface area contributed by atoms with Crippen LogP contribution in [0.5, 0.6) is 0 Å². The van der Waals surface area contributed by atoms with Crippen LogP contribution in [-0.4, -0.2) is 37.1 Å². The molecule has 2 nitrogen and oxygen atoms in total. The summed E-state index contributed by atoms with van der Waals surface area (Å²) in [6, 6.07) is 0.795. The molecule has 0 aromatic rings. The summed E-state index contributed by atoms with van der Waals surface area (Å²) < 4.78 is 0. The highest BCUT2D eigenvalue weighted by atomic mass is 15.2. The Hall–Kier alpha value is -0.0800. The Labute approximate surface area is 95.4 Å². The van der Waals surface area contributed by atoms with Crippen LogP contribution in [0.2, 0.25) is 0 Å². The van der Waals surface area contributed by atoms with Crippen molar-refractivity contribution >= 4 is 0 Å². The Kier molecular flexibility index (Phi) is 6.26. The molecule has 0 radical (unpaired) electrons. The summed E-state index contributed by atoms with van der Waals surface area (Å²) in [7, 11) is 0. The molecular formula is C13H28N2. The molecule has 0 aromatic heterocycles. The zero-order valence-corrected chi connectivity index (χ0v) is 10.8. The lowest BCUT2D eigenvalue weighted by Crippen LogP contribution is -2.41. The van der Waals surface area contributed by atoms with Crippen LogP contribution in [0.1, 0.15) is 46.5 Å². The zero-order valence-electron chi connectivity index (χ0n) is 10.8. The molecule has 0 spiro atoms. The number of nitrogens with one attached hydrogen (secondary N) is 1. The number of nitrogens with zero attached hydrogens (tertiary/aromatic N) is 1. The third-order valence-electron chi connectivity index (χ3n) is 3.54. The molecule has 0 amide bonds. The monoisotopic (exact) mass is 212 g/mol. The van der Waals surface area contributed by atoms with Crippen molar-refractivity contribution in [1.29, 1.82) is 0 Å². The molecule has 0 saturated carbocycles. The second kappa shape index (κ2) is 7.24. The molecule has 1 fully saturated rings. The maximum absolute atomic E-state index is 3.51. The summed E-state index contributed by atoms with van der Waals surface area (Å²) in [6.07, 6.45) is 5.34. The van der Waals surface area contributed by atoms with Crippen LogP contribution in [-0.2, 0) is 0 Å². The number of hydrogen-bond donors (Lipinski definition) is 1. The topological polar surface area (TPSA) is 15.3 Å². The largest absolute Gasteiger partial charge is 0.315 e. The van der Waals surface area contributed by atoms with Crippen LogP contribution in [0.15, 0.2) is 0 Å². The maximum Gasteiger partial charge on any atom is 0.0258 e. The van der Waals surface area contributed by atoms with Gasteiger partial charge in [0.2, 0.25) is 0 Å². The second-order valence-corrected chi connectivity index (χ2v) is 4.95. The minimum Gasteiger partial charge on any atom is -0.315 e. The smallest absolute Gasteiger partial charge is 0.0258 e. The fraction of sp³-hybridized carbons (Fsp3) is 1.00. The molecule has 2 unspecified atom stereocenters. The first-order valence-corrected chi connectivity index (χ1v) is 6.74. The van der Waals surface area contributed by atoms with Crippen molar-refractivity contribution in [1.82, 2.24) is 10.2 Å². The van der Waals surface area contributed by atoms with Crippen LogP contribution in [0, 0.1) is 5.92 Å². The van der Waals surface area contributed by atoms with E-state index in [9.17, 15) is 0 Å². The lowest BCUT2D eigenvalue weighted by Gasteiger charge is -2.31. The highest BCUT2D eigenvalue weighted by Gasteiger charge is 2.27. The van der Waals surface area contributed by atoms with E-state index in [2.05, 4.69) is 31.0 Å². The van der Waals surface area contributed by atoms with Gasteiger partial charge in [-0.3, -0.25) is 4.90 Å². The van der Waals surface area contributed by atoms with Gasteiger partial charge in [0.1, 0.15) is 0 Å². The van der Waals surface area contributed by atoms with Gasteiger partial charge in [-0.1, -0.05) is 33.6 Å². The first kappa shape index (κ1) is 13.0. The SMILES string of the molecule is CCCCN(CCCC)C1CNCC1C. The van der Waals surface area contributed by atoms with Crippen molar-refractivity contribution in [2.45, 2.75) is 52.5 Å². The first-order chi connectivity index (χ1) is 7.29. The molecule has 1 aliphatic rings. The Balaban J connectivity index is 2.38. The minimum absolute atomic E-state index is 0.795. The van der Waals surface area contributed by atoms with Crippen molar-refractivity contribution in [3.8, 4) is 0 Å². The molecule has 0 aromatic carbocycles. The van der Waals surface area contributed by atoms with E-state index in [1.54, 1.807) is 0 Å². The first-order valence-electron chi connectivity index (χ1n) is 6.74. The van der Waals surface area contributed by atoms with Crippen LogP contribution >= 0.6 is 0 Å². The van der Waals surface area contributed by atoms with Crippen molar-refractivity contribution in [3.05, 3.63) is 0 Å². The Morgan fingerprint density at radius 1 is 1.07 bits per heavy atom. The molecule has 1 rings (SSSR count). The van der Waals surface area contributed by atoms with E-state index in [0.717, 1.165) is 12.0 Å². The average Bonchev–Trinajstić information content (AvgIpc) is 2.65. The normalized spacial score (nSPS) is 26.4. The summed E-state index contributed by atoms with van der Waals surface area (Å²) in [6.45, 7) is 12.0.